The summed E-state index contributed by atoms with van der Waals surface area (Å²) in [5.74, 6) is 1.52. The van der Waals surface area contributed by atoms with Crippen molar-refractivity contribution >= 4 is 15.9 Å². The van der Waals surface area contributed by atoms with Gasteiger partial charge in [0.1, 0.15) is 6.10 Å². The number of ether oxygens (including phenoxy) is 2. The van der Waals surface area contributed by atoms with E-state index in [1.54, 1.807) is 7.11 Å². The van der Waals surface area contributed by atoms with Crippen LogP contribution in [0.2, 0.25) is 0 Å². The van der Waals surface area contributed by atoms with Crippen LogP contribution in [0, 0.1) is 11.3 Å². The highest BCUT2D eigenvalue weighted by Crippen LogP contribution is 2.44. The van der Waals surface area contributed by atoms with E-state index in [1.807, 2.05) is 13.0 Å². The molecule has 2 rings (SSSR count). The third-order valence-corrected chi connectivity index (χ3v) is 3.64. The Bertz CT molecular complexity index is 465. The maximum Gasteiger partial charge on any atom is 0.166 e. The lowest BCUT2D eigenvalue weighted by atomic mass is 10.0. The Morgan fingerprint density at radius 3 is 3.06 bits per heavy atom. The van der Waals surface area contributed by atoms with E-state index in [1.165, 1.54) is 0 Å². The van der Waals surface area contributed by atoms with Crippen LogP contribution in [0.1, 0.15) is 18.1 Å². The number of fused-ring (bicyclic) bond motifs is 1. The van der Waals surface area contributed by atoms with E-state index < -0.39 is 0 Å². The fourth-order valence-electron chi connectivity index (χ4n) is 1.94. The first-order valence-electron chi connectivity index (χ1n) is 5.09. The van der Waals surface area contributed by atoms with Gasteiger partial charge in [0, 0.05) is 16.5 Å². The molecule has 84 valence electrons. The Kier molecular flexibility index (Phi) is 3.06. The predicted molar refractivity (Wildman–Crippen MR) is 63.8 cm³/mol. The topological polar surface area (TPSA) is 42.2 Å². The molecule has 0 aliphatic carbocycles. The summed E-state index contributed by atoms with van der Waals surface area (Å²) in [6.07, 6.45) is 1.39. The van der Waals surface area contributed by atoms with Crippen molar-refractivity contribution in [2.75, 3.05) is 7.11 Å². The number of hydrogen-bond donors (Lipinski definition) is 0. The molecular weight excluding hydrogens is 270 g/mol. The van der Waals surface area contributed by atoms with Crippen molar-refractivity contribution < 1.29 is 9.47 Å². The molecule has 0 radical (unpaired) electrons. The molecule has 1 heterocycles. The molecule has 1 atom stereocenters. The molecule has 0 saturated heterocycles. The number of halogens is 1. The summed E-state index contributed by atoms with van der Waals surface area (Å²) >= 11 is 3.54. The largest absolute Gasteiger partial charge is 0.493 e. The van der Waals surface area contributed by atoms with Gasteiger partial charge in [-0.05, 0) is 18.6 Å². The maximum absolute atomic E-state index is 8.77. The molecular formula is C12H12BrNO2. The number of hydrogen-bond acceptors (Lipinski definition) is 3. The van der Waals surface area contributed by atoms with Gasteiger partial charge in [-0.3, -0.25) is 0 Å². The van der Waals surface area contributed by atoms with E-state index in [0.717, 1.165) is 27.8 Å². The minimum atomic E-state index is 0.164. The number of benzene rings is 1. The standard InChI is InChI=1S/C12H12BrNO2/c1-7-5-9-11(13)8(3-4-14)6-10(15-2)12(9)16-7/h6-7H,3,5H2,1-2H3. The number of methoxy groups -OCH3 is 1. The molecule has 0 saturated carbocycles. The molecule has 1 aromatic rings. The van der Waals surface area contributed by atoms with Crippen LogP contribution in [0.3, 0.4) is 0 Å². The average molecular weight is 282 g/mol. The van der Waals surface area contributed by atoms with Gasteiger partial charge in [0.05, 0.1) is 19.6 Å². The van der Waals surface area contributed by atoms with Crippen LogP contribution in [0.4, 0.5) is 0 Å². The zero-order valence-electron chi connectivity index (χ0n) is 9.21. The van der Waals surface area contributed by atoms with Gasteiger partial charge >= 0.3 is 0 Å². The first kappa shape index (κ1) is 11.3. The molecule has 3 nitrogen and oxygen atoms in total. The summed E-state index contributed by atoms with van der Waals surface area (Å²) in [5.41, 5.74) is 2.06. The van der Waals surface area contributed by atoms with Gasteiger partial charge < -0.3 is 9.47 Å². The van der Waals surface area contributed by atoms with Crippen LogP contribution in [0.25, 0.3) is 0 Å². The van der Waals surface area contributed by atoms with E-state index in [2.05, 4.69) is 22.0 Å². The van der Waals surface area contributed by atoms with Crippen molar-refractivity contribution in [3.63, 3.8) is 0 Å². The predicted octanol–water partition coefficient (Wildman–Crippen LogP) is 2.85. The monoisotopic (exact) mass is 281 g/mol. The lowest BCUT2D eigenvalue weighted by Crippen LogP contribution is -2.05. The molecule has 4 heteroatoms. The van der Waals surface area contributed by atoms with E-state index in [-0.39, 0.29) is 6.10 Å². The van der Waals surface area contributed by atoms with Crippen molar-refractivity contribution in [3.8, 4) is 17.6 Å². The lowest BCUT2D eigenvalue weighted by Gasteiger charge is -2.11. The SMILES string of the molecule is COc1cc(CC#N)c(Br)c2c1OC(C)C2. The van der Waals surface area contributed by atoms with Crippen LogP contribution >= 0.6 is 15.9 Å². The summed E-state index contributed by atoms with van der Waals surface area (Å²) in [6, 6.07) is 4.02. The van der Waals surface area contributed by atoms with Gasteiger partial charge in [-0.2, -0.15) is 5.26 Å². The van der Waals surface area contributed by atoms with Gasteiger partial charge in [0.2, 0.25) is 0 Å². The summed E-state index contributed by atoms with van der Waals surface area (Å²) < 4.78 is 12.0. The molecule has 0 fully saturated rings. The highest BCUT2D eigenvalue weighted by Gasteiger charge is 2.27. The van der Waals surface area contributed by atoms with Gasteiger partial charge in [-0.15, -0.1) is 0 Å². The molecule has 1 aliphatic rings. The van der Waals surface area contributed by atoms with Crippen LogP contribution < -0.4 is 9.47 Å². The molecule has 1 aliphatic heterocycles. The molecule has 16 heavy (non-hydrogen) atoms. The molecule has 0 amide bonds. The van der Waals surface area contributed by atoms with Gasteiger partial charge in [-0.1, -0.05) is 15.9 Å². The molecule has 0 bridgehead atoms. The van der Waals surface area contributed by atoms with Crippen LogP contribution in [0.5, 0.6) is 11.5 Å². The second-order valence-electron chi connectivity index (χ2n) is 3.83. The van der Waals surface area contributed by atoms with Gasteiger partial charge in [0.25, 0.3) is 0 Å². The summed E-state index contributed by atoms with van der Waals surface area (Å²) in [5, 5.41) is 8.77. The number of rotatable bonds is 2. The Balaban J connectivity index is 2.56. The van der Waals surface area contributed by atoms with Crippen molar-refractivity contribution in [1.82, 2.24) is 0 Å². The zero-order chi connectivity index (χ0) is 11.7. The minimum Gasteiger partial charge on any atom is -0.493 e. The third-order valence-electron chi connectivity index (χ3n) is 2.65. The van der Waals surface area contributed by atoms with Crippen molar-refractivity contribution in [2.24, 2.45) is 0 Å². The maximum atomic E-state index is 8.77. The fraction of sp³-hybridized carbons (Fsp3) is 0.417. The van der Waals surface area contributed by atoms with Gasteiger partial charge in [-0.25, -0.2) is 0 Å². The van der Waals surface area contributed by atoms with Gasteiger partial charge in [0.15, 0.2) is 11.5 Å². The summed E-state index contributed by atoms with van der Waals surface area (Å²) in [6.45, 7) is 2.02. The average Bonchev–Trinajstić information content (AvgIpc) is 2.65. The van der Waals surface area contributed by atoms with Crippen molar-refractivity contribution in [2.45, 2.75) is 25.9 Å². The van der Waals surface area contributed by atoms with Crippen LogP contribution in [0.15, 0.2) is 10.5 Å². The Labute approximate surface area is 103 Å². The zero-order valence-corrected chi connectivity index (χ0v) is 10.8. The van der Waals surface area contributed by atoms with E-state index >= 15 is 0 Å². The third kappa shape index (κ3) is 1.76. The first-order valence-corrected chi connectivity index (χ1v) is 5.88. The van der Waals surface area contributed by atoms with Crippen LogP contribution in [-0.4, -0.2) is 13.2 Å². The molecule has 0 aromatic heterocycles. The van der Waals surface area contributed by atoms with E-state index in [4.69, 9.17) is 14.7 Å². The quantitative estimate of drug-likeness (QED) is 0.837. The molecule has 1 unspecified atom stereocenters. The fourth-order valence-corrected chi connectivity index (χ4v) is 2.53. The normalized spacial score (nSPS) is 17.5. The summed E-state index contributed by atoms with van der Waals surface area (Å²) in [7, 11) is 1.62. The Morgan fingerprint density at radius 2 is 2.44 bits per heavy atom. The number of nitriles is 1. The van der Waals surface area contributed by atoms with Crippen molar-refractivity contribution in [3.05, 3.63) is 21.7 Å². The lowest BCUT2D eigenvalue weighted by molar-refractivity contribution is 0.243. The van der Waals surface area contributed by atoms with E-state index in [0.29, 0.717) is 12.2 Å². The molecule has 0 N–H and O–H groups in total. The van der Waals surface area contributed by atoms with E-state index in [9.17, 15) is 0 Å². The second kappa shape index (κ2) is 4.34. The highest BCUT2D eigenvalue weighted by atomic mass is 79.9. The minimum absolute atomic E-state index is 0.164. The van der Waals surface area contributed by atoms with Crippen molar-refractivity contribution in [1.29, 1.82) is 5.26 Å². The molecule has 1 aromatic carbocycles. The Morgan fingerprint density at radius 1 is 1.69 bits per heavy atom. The smallest absolute Gasteiger partial charge is 0.166 e. The summed E-state index contributed by atoms with van der Waals surface area (Å²) in [4.78, 5) is 0. The van der Waals surface area contributed by atoms with Crippen LogP contribution in [-0.2, 0) is 12.8 Å². The first-order chi connectivity index (χ1) is 7.67. The highest BCUT2D eigenvalue weighted by molar-refractivity contribution is 9.10. The second-order valence-corrected chi connectivity index (χ2v) is 4.62. The molecule has 0 spiro atoms. The Hall–Kier alpha value is -1.21. The number of nitrogens with zero attached hydrogens (tertiary/aromatic N) is 1.